The molecule has 0 saturated carbocycles. The molecule has 2 aliphatic heterocycles. The third-order valence-electron chi connectivity index (χ3n) is 4.71. The Hall–Kier alpha value is -2.33. The first kappa shape index (κ1) is 15.2. The zero-order valence-corrected chi connectivity index (χ0v) is 13.9. The van der Waals surface area contributed by atoms with Crippen LogP contribution in [0, 0.1) is 0 Å². The van der Waals surface area contributed by atoms with Crippen LogP contribution >= 0.6 is 11.6 Å². The van der Waals surface area contributed by atoms with Crippen LogP contribution in [0.25, 0.3) is 0 Å². The summed E-state index contributed by atoms with van der Waals surface area (Å²) in [7, 11) is 0. The molecule has 0 atom stereocenters. The number of benzene rings is 2. The molecule has 2 aromatic carbocycles. The number of halogens is 1. The maximum atomic E-state index is 12.5. The Morgan fingerprint density at radius 2 is 1.88 bits per heavy atom. The topological polar surface area (TPSA) is 49.4 Å². The van der Waals surface area contributed by atoms with Crippen molar-refractivity contribution in [3.63, 3.8) is 0 Å². The van der Waals surface area contributed by atoms with E-state index in [2.05, 4.69) is 5.32 Å². The minimum Gasteiger partial charge on any atom is -0.348 e. The van der Waals surface area contributed by atoms with Gasteiger partial charge in [0.25, 0.3) is 5.91 Å². The van der Waals surface area contributed by atoms with Crippen molar-refractivity contribution >= 4 is 29.1 Å². The molecule has 0 fully saturated rings. The summed E-state index contributed by atoms with van der Waals surface area (Å²) in [6.45, 7) is 1.13. The van der Waals surface area contributed by atoms with Gasteiger partial charge in [0.2, 0.25) is 5.91 Å². The van der Waals surface area contributed by atoms with Gasteiger partial charge in [-0.15, -0.1) is 0 Å². The van der Waals surface area contributed by atoms with Gasteiger partial charge in [-0.25, -0.2) is 0 Å². The first-order valence-electron chi connectivity index (χ1n) is 8.11. The number of hydrogen-bond donors (Lipinski definition) is 1. The van der Waals surface area contributed by atoms with Gasteiger partial charge in [-0.1, -0.05) is 29.8 Å². The summed E-state index contributed by atoms with van der Waals surface area (Å²) in [5.41, 5.74) is 4.80. The smallest absolute Gasteiger partial charge is 0.251 e. The number of amides is 2. The summed E-state index contributed by atoms with van der Waals surface area (Å²) in [5, 5.41) is 3.58. The number of carbonyl (C=O) groups excluding carboxylic acids is 2. The Morgan fingerprint density at radius 3 is 2.67 bits per heavy atom. The molecule has 0 radical (unpaired) electrons. The summed E-state index contributed by atoms with van der Waals surface area (Å²) in [4.78, 5) is 26.4. The highest BCUT2D eigenvalue weighted by Gasteiger charge is 2.31. The number of aryl methyl sites for hydroxylation is 1. The van der Waals surface area contributed by atoms with E-state index in [1.165, 1.54) is 0 Å². The van der Waals surface area contributed by atoms with Crippen LogP contribution in [0.5, 0.6) is 0 Å². The van der Waals surface area contributed by atoms with Crippen molar-refractivity contribution in [2.45, 2.75) is 25.8 Å². The van der Waals surface area contributed by atoms with E-state index in [1.54, 1.807) is 0 Å². The maximum absolute atomic E-state index is 12.5. The van der Waals surface area contributed by atoms with Gasteiger partial charge in [-0.3, -0.25) is 9.59 Å². The van der Waals surface area contributed by atoms with Crippen molar-refractivity contribution in [2.75, 3.05) is 11.4 Å². The molecule has 122 valence electrons. The van der Waals surface area contributed by atoms with Crippen LogP contribution in [0.15, 0.2) is 36.4 Å². The van der Waals surface area contributed by atoms with Crippen LogP contribution in [-0.4, -0.2) is 18.4 Å². The van der Waals surface area contributed by atoms with Crippen molar-refractivity contribution in [3.05, 3.63) is 63.7 Å². The summed E-state index contributed by atoms with van der Waals surface area (Å²) in [6.07, 6.45) is 2.06. The molecule has 4 nitrogen and oxygen atoms in total. The highest BCUT2D eigenvalue weighted by molar-refractivity contribution is 6.31. The normalized spacial score (nSPS) is 15.4. The number of rotatable bonds is 3. The Morgan fingerprint density at radius 1 is 1.12 bits per heavy atom. The predicted molar refractivity (Wildman–Crippen MR) is 93.4 cm³/mol. The van der Waals surface area contributed by atoms with Crippen molar-refractivity contribution in [1.82, 2.24) is 5.32 Å². The summed E-state index contributed by atoms with van der Waals surface area (Å²) in [5.74, 6) is 0.0847. The molecule has 5 heteroatoms. The third kappa shape index (κ3) is 2.57. The first-order valence-corrected chi connectivity index (χ1v) is 8.49. The number of hydrogen-bond acceptors (Lipinski definition) is 2. The zero-order valence-electron chi connectivity index (χ0n) is 13.1. The fourth-order valence-electron chi connectivity index (χ4n) is 3.51. The second-order valence-corrected chi connectivity index (χ2v) is 6.62. The lowest BCUT2D eigenvalue weighted by Gasteiger charge is -2.25. The highest BCUT2D eigenvalue weighted by Crippen LogP contribution is 2.37. The molecular weight excluding hydrogens is 324 g/mol. The van der Waals surface area contributed by atoms with Gasteiger partial charge < -0.3 is 10.2 Å². The molecule has 0 aliphatic carbocycles. The van der Waals surface area contributed by atoms with E-state index in [-0.39, 0.29) is 11.8 Å². The molecule has 0 aromatic heterocycles. The number of anilines is 1. The molecule has 0 spiro atoms. The van der Waals surface area contributed by atoms with Gasteiger partial charge in [0.15, 0.2) is 0 Å². The van der Waals surface area contributed by atoms with Crippen molar-refractivity contribution in [3.8, 4) is 0 Å². The van der Waals surface area contributed by atoms with Crippen molar-refractivity contribution in [1.29, 1.82) is 0 Å². The Balaban J connectivity index is 1.56. The standard InChI is InChI=1S/C19H17ClN2O2/c20-16-4-2-1-3-14(16)11-21-19(24)15-9-12-5-6-17(23)22-8-7-13(10-15)18(12)22/h1-4,9-10H,5-8,11H2,(H,21,24). The molecule has 2 aliphatic rings. The van der Waals surface area contributed by atoms with E-state index in [0.29, 0.717) is 30.0 Å². The summed E-state index contributed by atoms with van der Waals surface area (Å²) in [6, 6.07) is 11.3. The highest BCUT2D eigenvalue weighted by atomic mass is 35.5. The quantitative estimate of drug-likeness (QED) is 0.933. The molecule has 2 heterocycles. The molecular formula is C19H17ClN2O2. The number of nitrogens with one attached hydrogen (secondary N) is 1. The van der Waals surface area contributed by atoms with Gasteiger partial charge in [-0.05, 0) is 47.7 Å². The van der Waals surface area contributed by atoms with Crippen LogP contribution in [0.4, 0.5) is 5.69 Å². The van der Waals surface area contributed by atoms with Crippen LogP contribution in [0.2, 0.25) is 5.02 Å². The molecule has 1 N–H and O–H groups in total. The van der Waals surface area contributed by atoms with Crippen LogP contribution in [0.3, 0.4) is 0 Å². The number of nitrogens with zero attached hydrogens (tertiary/aromatic N) is 1. The summed E-state index contributed by atoms with van der Waals surface area (Å²) < 4.78 is 0. The van der Waals surface area contributed by atoms with E-state index >= 15 is 0 Å². The van der Waals surface area contributed by atoms with Gasteiger partial charge in [-0.2, -0.15) is 0 Å². The second-order valence-electron chi connectivity index (χ2n) is 6.21. The average molecular weight is 341 g/mol. The second kappa shape index (κ2) is 5.95. The van der Waals surface area contributed by atoms with Crippen LogP contribution in [-0.2, 0) is 24.2 Å². The molecule has 0 saturated heterocycles. The minimum absolute atomic E-state index is 0.107. The Bertz CT molecular complexity index is 847. The van der Waals surface area contributed by atoms with E-state index in [9.17, 15) is 9.59 Å². The van der Waals surface area contributed by atoms with E-state index in [1.807, 2.05) is 41.3 Å². The molecule has 0 bridgehead atoms. The molecule has 4 rings (SSSR count). The lowest BCUT2D eigenvalue weighted by molar-refractivity contribution is -0.118. The van der Waals surface area contributed by atoms with Gasteiger partial charge in [0, 0.05) is 30.1 Å². The largest absolute Gasteiger partial charge is 0.348 e. The zero-order chi connectivity index (χ0) is 16.7. The van der Waals surface area contributed by atoms with Gasteiger partial charge in [0.05, 0.1) is 5.69 Å². The molecule has 0 unspecified atom stereocenters. The molecule has 2 aromatic rings. The average Bonchev–Trinajstić information content (AvgIpc) is 3.02. The Labute approximate surface area is 145 Å². The molecule has 24 heavy (non-hydrogen) atoms. The predicted octanol–water partition coefficient (Wildman–Crippen LogP) is 3.11. The third-order valence-corrected chi connectivity index (χ3v) is 5.08. The lowest BCUT2D eigenvalue weighted by atomic mass is 9.96. The van der Waals surface area contributed by atoms with Crippen molar-refractivity contribution in [2.24, 2.45) is 0 Å². The minimum atomic E-state index is -0.107. The molecule has 2 amide bonds. The van der Waals surface area contributed by atoms with Gasteiger partial charge in [0.1, 0.15) is 0 Å². The monoisotopic (exact) mass is 340 g/mol. The maximum Gasteiger partial charge on any atom is 0.251 e. The SMILES string of the molecule is O=C(NCc1ccccc1Cl)c1cc2c3c(c1)CCN3C(=O)CC2. The number of carbonyl (C=O) groups is 2. The summed E-state index contributed by atoms with van der Waals surface area (Å²) >= 11 is 6.13. The van der Waals surface area contributed by atoms with Crippen LogP contribution < -0.4 is 10.2 Å². The van der Waals surface area contributed by atoms with E-state index in [4.69, 9.17) is 11.6 Å². The fourth-order valence-corrected chi connectivity index (χ4v) is 3.71. The van der Waals surface area contributed by atoms with Crippen LogP contribution in [0.1, 0.15) is 33.5 Å². The van der Waals surface area contributed by atoms with Gasteiger partial charge >= 0.3 is 0 Å². The fraction of sp³-hybridized carbons (Fsp3) is 0.263. The Kier molecular flexibility index (Phi) is 3.77. The lowest BCUT2D eigenvalue weighted by Crippen LogP contribution is -2.33. The van der Waals surface area contributed by atoms with E-state index < -0.39 is 0 Å². The van der Waals surface area contributed by atoms with Crippen molar-refractivity contribution < 1.29 is 9.59 Å². The first-order chi connectivity index (χ1) is 11.6. The van der Waals surface area contributed by atoms with E-state index in [0.717, 1.165) is 35.3 Å².